The van der Waals surface area contributed by atoms with Gasteiger partial charge in [-0.2, -0.15) is 0 Å². The molecule has 0 saturated heterocycles. The van der Waals surface area contributed by atoms with Crippen molar-refractivity contribution in [1.29, 1.82) is 0 Å². The molecule has 1 nitrogen and oxygen atoms in total. The van der Waals surface area contributed by atoms with Crippen LogP contribution in [0, 0.1) is 10.8 Å². The Balaban J connectivity index is 2.17. The highest BCUT2D eigenvalue weighted by atomic mass is 32.1. The van der Waals surface area contributed by atoms with Gasteiger partial charge in [0.2, 0.25) is 0 Å². The summed E-state index contributed by atoms with van der Waals surface area (Å²) in [6.45, 7) is 11.4. The zero-order chi connectivity index (χ0) is 14.3. The Kier molecular flexibility index (Phi) is 3.88. The van der Waals surface area contributed by atoms with E-state index in [-0.39, 0.29) is 10.8 Å². The van der Waals surface area contributed by atoms with Gasteiger partial charge in [0.15, 0.2) is 0 Å². The van der Waals surface area contributed by atoms with E-state index in [1.165, 1.54) is 16.2 Å². The molecule has 0 radical (unpaired) electrons. The summed E-state index contributed by atoms with van der Waals surface area (Å²) >= 11 is 1.87. The maximum atomic E-state index is 11.1. The van der Waals surface area contributed by atoms with Crippen LogP contribution in [0.2, 0.25) is 0 Å². The van der Waals surface area contributed by atoms with E-state index >= 15 is 0 Å². The average Bonchev–Trinajstić information content (AvgIpc) is 2.58. The molecular weight excluding hydrogens is 252 g/mol. The Bertz CT molecular complexity index is 426. The van der Waals surface area contributed by atoms with Crippen molar-refractivity contribution in [2.75, 3.05) is 0 Å². The molecule has 1 saturated carbocycles. The van der Waals surface area contributed by atoms with Crippen molar-refractivity contribution in [3.05, 3.63) is 21.9 Å². The lowest BCUT2D eigenvalue weighted by Crippen LogP contribution is -2.47. The van der Waals surface area contributed by atoms with Crippen LogP contribution in [0.4, 0.5) is 0 Å². The van der Waals surface area contributed by atoms with Crippen molar-refractivity contribution in [1.82, 2.24) is 0 Å². The lowest BCUT2D eigenvalue weighted by molar-refractivity contribution is -0.0846. The minimum atomic E-state index is -0.527. The van der Waals surface area contributed by atoms with Crippen LogP contribution in [0.25, 0.3) is 0 Å². The van der Waals surface area contributed by atoms with E-state index < -0.39 is 5.60 Å². The van der Waals surface area contributed by atoms with E-state index in [2.05, 4.69) is 46.8 Å². The third kappa shape index (κ3) is 3.82. The van der Waals surface area contributed by atoms with Crippen LogP contribution in [-0.2, 0) is 12.8 Å². The first-order valence-electron chi connectivity index (χ1n) is 7.43. The fourth-order valence-corrected chi connectivity index (χ4v) is 5.52. The second-order valence-corrected chi connectivity index (χ2v) is 9.23. The zero-order valence-corrected chi connectivity index (χ0v) is 13.9. The quantitative estimate of drug-likeness (QED) is 0.841. The van der Waals surface area contributed by atoms with E-state index in [9.17, 15) is 5.11 Å². The van der Waals surface area contributed by atoms with Crippen LogP contribution in [0.1, 0.15) is 63.6 Å². The highest BCUT2D eigenvalue weighted by Crippen LogP contribution is 2.51. The first kappa shape index (κ1) is 15.1. The van der Waals surface area contributed by atoms with Gasteiger partial charge in [-0.1, -0.05) is 34.6 Å². The summed E-state index contributed by atoms with van der Waals surface area (Å²) in [7, 11) is 0. The molecule has 2 rings (SSSR count). The highest BCUT2D eigenvalue weighted by molar-refractivity contribution is 7.12. The van der Waals surface area contributed by atoms with Gasteiger partial charge in [-0.05, 0) is 48.6 Å². The van der Waals surface area contributed by atoms with Crippen LogP contribution >= 0.6 is 11.3 Å². The van der Waals surface area contributed by atoms with Crippen molar-refractivity contribution < 1.29 is 5.11 Å². The normalized spacial score (nSPS) is 24.3. The third-order valence-electron chi connectivity index (χ3n) is 4.14. The van der Waals surface area contributed by atoms with Crippen molar-refractivity contribution in [3.63, 3.8) is 0 Å². The molecule has 0 bridgehead atoms. The lowest BCUT2D eigenvalue weighted by atomic mass is 9.59. The van der Waals surface area contributed by atoms with E-state index in [1.54, 1.807) is 0 Å². The molecule has 1 heterocycles. The Morgan fingerprint density at radius 1 is 1.00 bits per heavy atom. The summed E-state index contributed by atoms with van der Waals surface area (Å²) in [6, 6.07) is 4.42. The van der Waals surface area contributed by atoms with Crippen molar-refractivity contribution >= 4 is 11.3 Å². The summed E-state index contributed by atoms with van der Waals surface area (Å²) in [5.41, 5.74) is -0.0518. The molecule has 1 N–H and O–H groups in total. The van der Waals surface area contributed by atoms with E-state index in [4.69, 9.17) is 0 Å². The fraction of sp³-hybridized carbons (Fsp3) is 0.765. The first-order chi connectivity index (χ1) is 8.63. The summed E-state index contributed by atoms with van der Waals surface area (Å²) in [5, 5.41) is 11.1. The Hall–Kier alpha value is -0.340. The van der Waals surface area contributed by atoms with Crippen molar-refractivity contribution in [2.45, 2.75) is 72.3 Å². The number of thiophene rings is 1. The monoisotopic (exact) mass is 280 g/mol. The van der Waals surface area contributed by atoms with Gasteiger partial charge in [-0.3, -0.25) is 0 Å². The van der Waals surface area contributed by atoms with Crippen LogP contribution in [0.5, 0.6) is 0 Å². The summed E-state index contributed by atoms with van der Waals surface area (Å²) in [4.78, 5) is 2.76. The van der Waals surface area contributed by atoms with Gasteiger partial charge in [-0.15, -0.1) is 11.3 Å². The van der Waals surface area contributed by atoms with Gasteiger partial charge in [-0.25, -0.2) is 0 Å². The molecule has 0 unspecified atom stereocenters. The number of aliphatic hydroxyl groups is 1. The number of rotatable bonds is 3. The molecule has 0 aliphatic heterocycles. The topological polar surface area (TPSA) is 20.2 Å². The molecule has 1 aliphatic carbocycles. The molecule has 19 heavy (non-hydrogen) atoms. The molecule has 0 atom stereocenters. The molecule has 2 heteroatoms. The second-order valence-electron chi connectivity index (χ2n) is 7.98. The number of aryl methyl sites for hydroxylation is 1. The Morgan fingerprint density at radius 3 is 2.00 bits per heavy atom. The molecule has 1 aliphatic rings. The van der Waals surface area contributed by atoms with Crippen molar-refractivity contribution in [3.8, 4) is 0 Å². The maximum Gasteiger partial charge on any atom is 0.0706 e. The van der Waals surface area contributed by atoms with Gasteiger partial charge in [0.05, 0.1) is 5.60 Å². The SMILES string of the molecule is CCc1ccc(CC2(O)CC(C)(C)CC(C)(C)C2)s1. The minimum absolute atomic E-state index is 0.237. The summed E-state index contributed by atoms with van der Waals surface area (Å²) < 4.78 is 0. The highest BCUT2D eigenvalue weighted by Gasteiger charge is 2.46. The van der Waals surface area contributed by atoms with Crippen LogP contribution < -0.4 is 0 Å². The van der Waals surface area contributed by atoms with Gasteiger partial charge >= 0.3 is 0 Å². The van der Waals surface area contributed by atoms with Gasteiger partial charge < -0.3 is 5.11 Å². The van der Waals surface area contributed by atoms with E-state index in [1.807, 2.05) is 11.3 Å². The predicted octanol–water partition coefficient (Wildman–Crippen LogP) is 4.82. The first-order valence-corrected chi connectivity index (χ1v) is 8.25. The molecule has 1 aromatic heterocycles. The van der Waals surface area contributed by atoms with Crippen LogP contribution in [0.3, 0.4) is 0 Å². The number of hydrogen-bond acceptors (Lipinski definition) is 2. The van der Waals surface area contributed by atoms with Crippen molar-refractivity contribution in [2.24, 2.45) is 10.8 Å². The largest absolute Gasteiger partial charge is 0.389 e. The fourth-order valence-electron chi connectivity index (χ4n) is 4.42. The lowest BCUT2D eigenvalue weighted by Gasteiger charge is -2.49. The molecule has 0 aromatic carbocycles. The molecule has 0 amide bonds. The standard InChI is InChI=1S/C17H28OS/c1-6-13-7-8-14(19-13)9-17(18)11-15(2,3)10-16(4,5)12-17/h7-8,18H,6,9-12H2,1-5H3. The smallest absolute Gasteiger partial charge is 0.0706 e. The molecule has 108 valence electrons. The predicted molar refractivity (Wildman–Crippen MR) is 83.8 cm³/mol. The Labute approximate surface area is 122 Å². The third-order valence-corrected chi connectivity index (χ3v) is 5.37. The summed E-state index contributed by atoms with van der Waals surface area (Å²) in [5.74, 6) is 0. The van der Waals surface area contributed by atoms with Gasteiger partial charge in [0.1, 0.15) is 0 Å². The van der Waals surface area contributed by atoms with Crippen LogP contribution in [0.15, 0.2) is 12.1 Å². The zero-order valence-electron chi connectivity index (χ0n) is 13.0. The Morgan fingerprint density at radius 2 is 1.53 bits per heavy atom. The average molecular weight is 280 g/mol. The van der Waals surface area contributed by atoms with E-state index in [0.29, 0.717) is 0 Å². The maximum absolute atomic E-state index is 11.1. The van der Waals surface area contributed by atoms with Crippen LogP contribution in [-0.4, -0.2) is 10.7 Å². The van der Waals surface area contributed by atoms with Gasteiger partial charge in [0.25, 0.3) is 0 Å². The van der Waals surface area contributed by atoms with E-state index in [0.717, 1.165) is 25.7 Å². The number of hydrogen-bond donors (Lipinski definition) is 1. The molecule has 0 spiro atoms. The van der Waals surface area contributed by atoms with Gasteiger partial charge in [0, 0.05) is 16.2 Å². The second kappa shape index (κ2) is 4.89. The minimum Gasteiger partial charge on any atom is -0.389 e. The summed E-state index contributed by atoms with van der Waals surface area (Å²) in [6.07, 6.45) is 4.96. The molecular formula is C17H28OS. The molecule has 1 aromatic rings. The molecule has 1 fully saturated rings.